The molecule has 0 saturated heterocycles. The minimum atomic E-state index is -3.23. The van der Waals surface area contributed by atoms with E-state index in [1.54, 1.807) is 0 Å². The van der Waals surface area contributed by atoms with Crippen LogP contribution in [0.1, 0.15) is 0 Å². The lowest BCUT2D eigenvalue weighted by molar-refractivity contribution is -0.384. The second-order valence-corrected chi connectivity index (χ2v) is 5.28. The molecule has 18 heavy (non-hydrogen) atoms. The maximum absolute atomic E-state index is 10.8. The van der Waals surface area contributed by atoms with Crippen LogP contribution in [0.4, 0.5) is 17.3 Å². The first-order valence-corrected chi connectivity index (χ1v) is 6.78. The summed E-state index contributed by atoms with van der Waals surface area (Å²) in [4.78, 5) is 13.6. The molecule has 0 atom stereocenters. The summed E-state index contributed by atoms with van der Waals surface area (Å²) in [6.07, 6.45) is 1.05. The quantitative estimate of drug-likeness (QED) is 0.362. The summed E-state index contributed by atoms with van der Waals surface area (Å²) in [7, 11) is -3.23. The number of hydrogen-bond acceptors (Lipinski definition) is 7. The minimum Gasteiger partial charge on any atom is -0.378 e. The molecule has 4 N–H and O–H groups in total. The van der Waals surface area contributed by atoms with E-state index in [1.807, 2.05) is 0 Å². The number of hydrogen-bond donors (Lipinski definition) is 3. The molecule has 0 aliphatic rings. The first-order valence-electron chi connectivity index (χ1n) is 4.89. The molecule has 9 nitrogen and oxygen atoms in total. The van der Waals surface area contributed by atoms with E-state index in [2.05, 4.69) is 15.0 Å². The molecule has 0 fully saturated rings. The number of nitrogens with two attached hydrogens (primary N) is 1. The first kappa shape index (κ1) is 14.1. The molecule has 0 bridgehead atoms. The van der Waals surface area contributed by atoms with Crippen molar-refractivity contribution in [2.24, 2.45) is 0 Å². The average molecular weight is 275 g/mol. The lowest BCUT2D eigenvalue weighted by Gasteiger charge is -2.06. The van der Waals surface area contributed by atoms with Crippen LogP contribution >= 0.6 is 0 Å². The molecule has 0 aliphatic carbocycles. The number of anilines is 2. The molecule has 10 heteroatoms. The van der Waals surface area contributed by atoms with Gasteiger partial charge in [0.15, 0.2) is 0 Å². The number of nitrogen functional groups attached to an aromatic ring is 1. The highest BCUT2D eigenvalue weighted by atomic mass is 32.2. The SMILES string of the molecule is CS(=O)(=O)NCCNc1ccc([N+](=O)[O-])c(N)n1. The fourth-order valence-corrected chi connectivity index (χ4v) is 1.62. The third kappa shape index (κ3) is 4.51. The van der Waals surface area contributed by atoms with Crippen LogP contribution in [-0.4, -0.2) is 37.7 Å². The van der Waals surface area contributed by atoms with Crippen molar-refractivity contribution in [2.45, 2.75) is 0 Å². The smallest absolute Gasteiger partial charge is 0.311 e. The molecule has 1 heterocycles. The van der Waals surface area contributed by atoms with Gasteiger partial charge in [-0.3, -0.25) is 10.1 Å². The van der Waals surface area contributed by atoms with Gasteiger partial charge in [-0.05, 0) is 6.07 Å². The molecule has 0 spiro atoms. The Kier molecular flexibility index (Phi) is 4.39. The Bertz CT molecular complexity index is 544. The number of nitrogens with one attached hydrogen (secondary N) is 2. The van der Waals surface area contributed by atoms with E-state index in [9.17, 15) is 18.5 Å². The Hall–Kier alpha value is -1.94. The second-order valence-electron chi connectivity index (χ2n) is 3.45. The van der Waals surface area contributed by atoms with Gasteiger partial charge in [0.2, 0.25) is 15.8 Å². The minimum absolute atomic E-state index is 0.178. The van der Waals surface area contributed by atoms with Crippen molar-refractivity contribution in [3.8, 4) is 0 Å². The largest absolute Gasteiger partial charge is 0.378 e. The highest BCUT2D eigenvalue weighted by Gasteiger charge is 2.12. The number of nitro groups is 1. The summed E-state index contributed by atoms with van der Waals surface area (Å²) < 4.78 is 23.8. The van der Waals surface area contributed by atoms with Gasteiger partial charge in [-0.2, -0.15) is 0 Å². The molecule has 0 aliphatic heterocycles. The monoisotopic (exact) mass is 275 g/mol. The Labute approximate surface area is 104 Å². The van der Waals surface area contributed by atoms with Crippen LogP contribution in [0.5, 0.6) is 0 Å². The predicted octanol–water partition coefficient (Wildman–Crippen LogP) is -0.467. The Morgan fingerprint density at radius 3 is 2.61 bits per heavy atom. The van der Waals surface area contributed by atoms with Gasteiger partial charge in [-0.15, -0.1) is 0 Å². The van der Waals surface area contributed by atoms with Crippen molar-refractivity contribution >= 4 is 27.3 Å². The zero-order valence-electron chi connectivity index (χ0n) is 9.58. The molecule has 1 aromatic rings. The van der Waals surface area contributed by atoms with Gasteiger partial charge in [-0.1, -0.05) is 0 Å². The van der Waals surface area contributed by atoms with Gasteiger partial charge in [0.1, 0.15) is 5.82 Å². The normalized spacial score (nSPS) is 11.2. The molecular weight excluding hydrogens is 262 g/mol. The van der Waals surface area contributed by atoms with Crippen molar-refractivity contribution in [3.63, 3.8) is 0 Å². The van der Waals surface area contributed by atoms with Crippen molar-refractivity contribution in [3.05, 3.63) is 22.2 Å². The van der Waals surface area contributed by atoms with Gasteiger partial charge in [0.05, 0.1) is 11.2 Å². The summed E-state index contributed by atoms with van der Waals surface area (Å²) >= 11 is 0. The zero-order chi connectivity index (χ0) is 13.8. The maximum Gasteiger partial charge on any atom is 0.311 e. The summed E-state index contributed by atoms with van der Waals surface area (Å²) in [5.41, 5.74) is 5.12. The van der Waals surface area contributed by atoms with Crippen molar-refractivity contribution in [1.82, 2.24) is 9.71 Å². The summed E-state index contributed by atoms with van der Waals surface area (Å²) in [6.45, 7) is 0.467. The molecule has 0 radical (unpaired) electrons. The van der Waals surface area contributed by atoms with Gasteiger partial charge in [-0.25, -0.2) is 18.1 Å². The van der Waals surface area contributed by atoms with Crippen LogP contribution in [0, 0.1) is 10.1 Å². The van der Waals surface area contributed by atoms with Crippen LogP contribution in [0.15, 0.2) is 12.1 Å². The fraction of sp³-hybridized carbons (Fsp3) is 0.375. The molecular formula is C8H13N5O4S. The lowest BCUT2D eigenvalue weighted by Crippen LogP contribution is -2.27. The first-order chi connectivity index (χ1) is 8.29. The molecule has 0 aromatic carbocycles. The van der Waals surface area contributed by atoms with Gasteiger partial charge >= 0.3 is 5.69 Å². The third-order valence-corrected chi connectivity index (χ3v) is 2.62. The van der Waals surface area contributed by atoms with E-state index in [4.69, 9.17) is 5.73 Å². The average Bonchev–Trinajstić information content (AvgIpc) is 2.22. The predicted molar refractivity (Wildman–Crippen MR) is 66.6 cm³/mol. The van der Waals surface area contributed by atoms with E-state index in [-0.39, 0.29) is 24.6 Å². The number of sulfonamides is 1. The number of pyridine rings is 1. The Morgan fingerprint density at radius 2 is 2.11 bits per heavy atom. The topological polar surface area (TPSA) is 140 Å². The van der Waals surface area contributed by atoms with E-state index in [0.717, 1.165) is 6.26 Å². The van der Waals surface area contributed by atoms with Crippen LogP contribution in [0.3, 0.4) is 0 Å². The zero-order valence-corrected chi connectivity index (χ0v) is 10.4. The molecule has 0 unspecified atom stereocenters. The van der Waals surface area contributed by atoms with Crippen LogP contribution in [-0.2, 0) is 10.0 Å². The summed E-state index contributed by atoms with van der Waals surface area (Å²) in [6, 6.07) is 2.63. The van der Waals surface area contributed by atoms with Gasteiger partial charge in [0, 0.05) is 19.2 Å². The third-order valence-electron chi connectivity index (χ3n) is 1.89. The van der Waals surface area contributed by atoms with E-state index in [0.29, 0.717) is 5.82 Å². The molecule has 1 rings (SSSR count). The van der Waals surface area contributed by atoms with Crippen molar-refractivity contribution in [2.75, 3.05) is 30.4 Å². The highest BCUT2D eigenvalue weighted by Crippen LogP contribution is 2.20. The Balaban J connectivity index is 2.54. The molecule has 0 saturated carbocycles. The highest BCUT2D eigenvalue weighted by molar-refractivity contribution is 7.88. The van der Waals surface area contributed by atoms with Crippen molar-refractivity contribution < 1.29 is 13.3 Å². The number of nitrogens with zero attached hydrogens (tertiary/aromatic N) is 2. The standard InChI is InChI=1S/C8H13N5O4S/c1-18(16,17)11-5-4-10-7-3-2-6(13(14)15)8(9)12-7/h2-3,11H,4-5H2,1H3,(H3,9,10,12). The molecule has 0 amide bonds. The fourth-order valence-electron chi connectivity index (χ4n) is 1.15. The van der Waals surface area contributed by atoms with Gasteiger partial charge < -0.3 is 11.1 Å². The van der Waals surface area contributed by atoms with Gasteiger partial charge in [0.25, 0.3) is 0 Å². The molecule has 1 aromatic heterocycles. The van der Waals surface area contributed by atoms with Crippen LogP contribution < -0.4 is 15.8 Å². The van der Waals surface area contributed by atoms with Crippen LogP contribution in [0.25, 0.3) is 0 Å². The van der Waals surface area contributed by atoms with Crippen LogP contribution in [0.2, 0.25) is 0 Å². The van der Waals surface area contributed by atoms with E-state index in [1.165, 1.54) is 12.1 Å². The molecule has 100 valence electrons. The Morgan fingerprint density at radius 1 is 1.44 bits per heavy atom. The lowest BCUT2D eigenvalue weighted by atomic mass is 10.4. The van der Waals surface area contributed by atoms with Crippen molar-refractivity contribution in [1.29, 1.82) is 0 Å². The number of aromatic nitrogens is 1. The van der Waals surface area contributed by atoms with E-state index < -0.39 is 14.9 Å². The summed E-state index contributed by atoms with van der Waals surface area (Å²) in [5.74, 6) is 0.148. The second kappa shape index (κ2) is 5.60. The maximum atomic E-state index is 10.8. The summed E-state index contributed by atoms with van der Waals surface area (Å²) in [5, 5.41) is 13.3. The van der Waals surface area contributed by atoms with E-state index >= 15 is 0 Å². The number of rotatable bonds is 6.